The predicted molar refractivity (Wildman–Crippen MR) is 115 cm³/mol. The first kappa shape index (κ1) is 19.1. The third kappa shape index (κ3) is 4.62. The lowest BCUT2D eigenvalue weighted by Gasteiger charge is -2.32. The van der Waals surface area contributed by atoms with E-state index in [1.54, 1.807) is 0 Å². The Hall–Kier alpha value is -3.21. The Morgan fingerprint density at radius 2 is 1.66 bits per heavy atom. The van der Waals surface area contributed by atoms with Crippen LogP contribution in [0.2, 0.25) is 0 Å². The van der Waals surface area contributed by atoms with Gasteiger partial charge in [-0.2, -0.15) is 0 Å². The molecule has 0 saturated heterocycles. The summed E-state index contributed by atoms with van der Waals surface area (Å²) in [4.78, 5) is 24.4. The molecule has 0 bridgehead atoms. The van der Waals surface area contributed by atoms with Crippen LogP contribution in [0, 0.1) is 13.8 Å². The van der Waals surface area contributed by atoms with Crippen molar-refractivity contribution in [2.45, 2.75) is 39.3 Å². The average Bonchev–Trinajstić information content (AvgIpc) is 2.72. The fourth-order valence-corrected chi connectivity index (χ4v) is 3.90. The molecule has 148 valence electrons. The molecule has 0 saturated carbocycles. The monoisotopic (exact) mass is 386 g/mol. The number of amides is 1. The second-order valence-electron chi connectivity index (χ2n) is 7.64. The zero-order valence-corrected chi connectivity index (χ0v) is 16.9. The van der Waals surface area contributed by atoms with Gasteiger partial charge in [-0.1, -0.05) is 54.6 Å². The van der Waals surface area contributed by atoms with Crippen molar-refractivity contribution in [1.82, 2.24) is 14.9 Å². The predicted octanol–water partition coefficient (Wildman–Crippen LogP) is 3.70. The highest BCUT2D eigenvalue weighted by atomic mass is 16.2. The van der Waals surface area contributed by atoms with E-state index in [-0.39, 0.29) is 5.91 Å². The summed E-state index contributed by atoms with van der Waals surface area (Å²) in [6.45, 7) is 5.26. The second kappa shape index (κ2) is 8.43. The van der Waals surface area contributed by atoms with E-state index < -0.39 is 6.04 Å². The number of nitrogens with zero attached hydrogens (tertiary/aromatic N) is 3. The van der Waals surface area contributed by atoms with Gasteiger partial charge in [0, 0.05) is 30.9 Å². The lowest BCUT2D eigenvalue weighted by atomic mass is 9.98. The number of rotatable bonds is 5. The van der Waals surface area contributed by atoms with Crippen LogP contribution in [-0.2, 0) is 24.2 Å². The molecular weight excluding hydrogens is 360 g/mol. The molecule has 4 rings (SSSR count). The number of carbonyl (C=O) groups excluding carboxylic acids is 1. The second-order valence-corrected chi connectivity index (χ2v) is 7.64. The summed E-state index contributed by atoms with van der Waals surface area (Å²) in [5.74, 6) is 0.598. The quantitative estimate of drug-likeness (QED) is 0.726. The number of carbonyl (C=O) groups is 1. The molecular formula is C24H26N4O. The van der Waals surface area contributed by atoms with Crippen molar-refractivity contribution in [1.29, 1.82) is 0 Å². The van der Waals surface area contributed by atoms with Gasteiger partial charge in [-0.3, -0.25) is 4.79 Å². The summed E-state index contributed by atoms with van der Waals surface area (Å²) >= 11 is 0. The fraction of sp³-hybridized carbons (Fsp3) is 0.292. The zero-order chi connectivity index (χ0) is 20.2. The normalized spacial score (nSPS) is 14.2. The van der Waals surface area contributed by atoms with Crippen LogP contribution < -0.4 is 5.32 Å². The summed E-state index contributed by atoms with van der Waals surface area (Å²) in [5.41, 5.74) is 5.45. The Morgan fingerprint density at radius 3 is 2.38 bits per heavy atom. The third-order valence-corrected chi connectivity index (χ3v) is 5.31. The Bertz CT molecular complexity index is 983. The molecule has 1 aliphatic rings. The fourth-order valence-electron chi connectivity index (χ4n) is 3.90. The maximum absolute atomic E-state index is 13.5. The first-order valence-corrected chi connectivity index (χ1v) is 10.1. The van der Waals surface area contributed by atoms with Gasteiger partial charge in [0.1, 0.15) is 6.04 Å². The molecule has 3 aromatic rings. The highest BCUT2D eigenvalue weighted by molar-refractivity contribution is 5.85. The minimum absolute atomic E-state index is 0.0890. The Kier molecular flexibility index (Phi) is 5.56. The van der Waals surface area contributed by atoms with Gasteiger partial charge in [-0.05, 0) is 43.0 Å². The van der Waals surface area contributed by atoms with E-state index in [1.807, 2.05) is 49.1 Å². The van der Waals surface area contributed by atoms with Crippen LogP contribution >= 0.6 is 0 Å². The van der Waals surface area contributed by atoms with E-state index in [9.17, 15) is 4.79 Å². The summed E-state index contributed by atoms with van der Waals surface area (Å²) in [6.07, 6.45) is 1.48. The molecule has 0 radical (unpaired) electrons. The van der Waals surface area contributed by atoms with Crippen molar-refractivity contribution in [3.8, 4) is 0 Å². The summed E-state index contributed by atoms with van der Waals surface area (Å²) in [6, 6.07) is 20.0. The van der Waals surface area contributed by atoms with Crippen molar-refractivity contribution >= 4 is 11.9 Å². The van der Waals surface area contributed by atoms with Crippen LogP contribution in [0.3, 0.4) is 0 Å². The van der Waals surface area contributed by atoms with Gasteiger partial charge in [0.25, 0.3) is 0 Å². The van der Waals surface area contributed by atoms with Crippen LogP contribution in [0.4, 0.5) is 5.95 Å². The SMILES string of the molecule is Cc1cc(C)nc(NC(Cc2ccccc2)C(=O)N2CCc3ccccc3C2)n1. The van der Waals surface area contributed by atoms with Crippen LogP contribution in [0.25, 0.3) is 0 Å². The van der Waals surface area contributed by atoms with Crippen LogP contribution in [0.15, 0.2) is 60.7 Å². The molecule has 1 N–H and O–H groups in total. The number of anilines is 1. The highest BCUT2D eigenvalue weighted by Crippen LogP contribution is 2.20. The Balaban J connectivity index is 1.58. The van der Waals surface area contributed by atoms with Gasteiger partial charge in [-0.25, -0.2) is 9.97 Å². The molecule has 5 heteroatoms. The van der Waals surface area contributed by atoms with Crippen molar-refractivity contribution in [2.75, 3.05) is 11.9 Å². The van der Waals surface area contributed by atoms with Crippen LogP contribution in [0.5, 0.6) is 0 Å². The van der Waals surface area contributed by atoms with Gasteiger partial charge >= 0.3 is 0 Å². The molecule has 0 aliphatic carbocycles. The lowest BCUT2D eigenvalue weighted by molar-refractivity contribution is -0.133. The van der Waals surface area contributed by atoms with Gasteiger partial charge in [0.05, 0.1) is 0 Å². The molecule has 2 aromatic carbocycles. The number of benzene rings is 2. The molecule has 1 atom stereocenters. The number of aryl methyl sites for hydroxylation is 2. The van der Waals surface area contributed by atoms with E-state index in [0.29, 0.717) is 18.9 Å². The number of nitrogens with one attached hydrogen (secondary N) is 1. The molecule has 1 amide bonds. The van der Waals surface area contributed by atoms with Crippen molar-refractivity contribution in [2.24, 2.45) is 0 Å². The molecule has 2 heterocycles. The van der Waals surface area contributed by atoms with E-state index in [0.717, 1.165) is 29.9 Å². The van der Waals surface area contributed by atoms with E-state index in [1.165, 1.54) is 11.1 Å². The highest BCUT2D eigenvalue weighted by Gasteiger charge is 2.28. The van der Waals surface area contributed by atoms with Gasteiger partial charge in [0.15, 0.2) is 0 Å². The topological polar surface area (TPSA) is 58.1 Å². The largest absolute Gasteiger partial charge is 0.342 e. The minimum Gasteiger partial charge on any atom is -0.342 e. The zero-order valence-electron chi connectivity index (χ0n) is 16.9. The molecule has 29 heavy (non-hydrogen) atoms. The van der Waals surface area contributed by atoms with Crippen LogP contribution in [-0.4, -0.2) is 33.4 Å². The standard InChI is InChI=1S/C24H26N4O/c1-17-14-18(2)26-24(25-17)27-22(15-19-8-4-3-5-9-19)23(29)28-13-12-20-10-6-7-11-21(20)16-28/h3-11,14,22H,12-13,15-16H2,1-2H3,(H,25,26,27). The molecule has 0 spiro atoms. The van der Waals surface area contributed by atoms with Gasteiger partial charge < -0.3 is 10.2 Å². The van der Waals surface area contributed by atoms with Crippen molar-refractivity contribution in [3.63, 3.8) is 0 Å². The molecule has 1 aliphatic heterocycles. The molecule has 5 nitrogen and oxygen atoms in total. The Labute approximate surface area is 171 Å². The van der Waals surface area contributed by atoms with Crippen LogP contribution in [0.1, 0.15) is 28.1 Å². The third-order valence-electron chi connectivity index (χ3n) is 5.31. The average molecular weight is 386 g/mol. The van der Waals surface area contributed by atoms with E-state index >= 15 is 0 Å². The molecule has 1 aromatic heterocycles. The lowest BCUT2D eigenvalue weighted by Crippen LogP contribution is -2.46. The first-order chi connectivity index (χ1) is 14.1. The van der Waals surface area contributed by atoms with E-state index in [4.69, 9.17) is 0 Å². The number of fused-ring (bicyclic) bond motifs is 1. The van der Waals surface area contributed by atoms with Crippen molar-refractivity contribution in [3.05, 3.63) is 88.7 Å². The summed E-state index contributed by atoms with van der Waals surface area (Å²) in [7, 11) is 0. The molecule has 1 unspecified atom stereocenters. The smallest absolute Gasteiger partial charge is 0.245 e. The Morgan fingerprint density at radius 1 is 1.00 bits per heavy atom. The molecule has 0 fully saturated rings. The number of aromatic nitrogens is 2. The maximum Gasteiger partial charge on any atom is 0.245 e. The maximum atomic E-state index is 13.5. The van der Waals surface area contributed by atoms with Crippen molar-refractivity contribution < 1.29 is 4.79 Å². The first-order valence-electron chi connectivity index (χ1n) is 10.1. The van der Waals surface area contributed by atoms with E-state index in [2.05, 4.69) is 45.6 Å². The minimum atomic E-state index is -0.413. The van der Waals surface area contributed by atoms with Gasteiger partial charge in [0.2, 0.25) is 11.9 Å². The van der Waals surface area contributed by atoms with Gasteiger partial charge in [-0.15, -0.1) is 0 Å². The summed E-state index contributed by atoms with van der Waals surface area (Å²) in [5, 5.41) is 3.32. The summed E-state index contributed by atoms with van der Waals surface area (Å²) < 4.78 is 0. The number of hydrogen-bond acceptors (Lipinski definition) is 4. The number of hydrogen-bond donors (Lipinski definition) is 1.